The molecule has 35 heavy (non-hydrogen) atoms. The highest BCUT2D eigenvalue weighted by atomic mass is 16.6. The first-order chi connectivity index (χ1) is 16.1. The molecule has 0 aliphatic rings. The van der Waals surface area contributed by atoms with Gasteiger partial charge in [0.15, 0.2) is 0 Å². The van der Waals surface area contributed by atoms with Crippen molar-refractivity contribution in [1.82, 2.24) is 10.6 Å². The van der Waals surface area contributed by atoms with Crippen molar-refractivity contribution in [3.63, 3.8) is 0 Å². The predicted octanol–water partition coefficient (Wildman–Crippen LogP) is 3.90. The van der Waals surface area contributed by atoms with Gasteiger partial charge in [0, 0.05) is 24.2 Å². The molecule has 0 rings (SSSR count). The van der Waals surface area contributed by atoms with E-state index in [1.807, 2.05) is 6.92 Å². The molecule has 10 nitrogen and oxygen atoms in total. The van der Waals surface area contributed by atoms with E-state index in [0.717, 1.165) is 6.42 Å². The molecule has 0 saturated heterocycles. The molecule has 0 aromatic heterocycles. The monoisotopic (exact) mass is 498 g/mol. The van der Waals surface area contributed by atoms with Crippen molar-refractivity contribution in [2.45, 2.75) is 73.5 Å². The number of carbonyl (C=O) groups is 4. The summed E-state index contributed by atoms with van der Waals surface area (Å²) in [5, 5.41) is 5.41. The van der Waals surface area contributed by atoms with Gasteiger partial charge in [-0.3, -0.25) is 0 Å². The van der Waals surface area contributed by atoms with Crippen LogP contribution in [0, 0.1) is 11.3 Å². The van der Waals surface area contributed by atoms with Crippen molar-refractivity contribution < 1.29 is 38.1 Å². The van der Waals surface area contributed by atoms with Gasteiger partial charge in [-0.2, -0.15) is 0 Å². The highest BCUT2D eigenvalue weighted by molar-refractivity contribution is 5.87. The van der Waals surface area contributed by atoms with Gasteiger partial charge < -0.3 is 29.6 Å². The van der Waals surface area contributed by atoms with Crippen molar-refractivity contribution in [2.75, 3.05) is 26.3 Å². The molecule has 0 aliphatic heterocycles. The molecule has 0 radical (unpaired) electrons. The van der Waals surface area contributed by atoms with Crippen molar-refractivity contribution in [3.05, 3.63) is 24.3 Å². The second-order valence-electron chi connectivity index (χ2n) is 9.72. The Morgan fingerprint density at radius 3 is 1.91 bits per heavy atom. The quantitative estimate of drug-likeness (QED) is 0.198. The molecule has 0 spiro atoms. The van der Waals surface area contributed by atoms with Gasteiger partial charge in [0.2, 0.25) is 0 Å². The van der Waals surface area contributed by atoms with Gasteiger partial charge in [0.05, 0.1) is 0 Å². The minimum absolute atomic E-state index is 0.0459. The number of esters is 2. The lowest BCUT2D eigenvalue weighted by Crippen LogP contribution is -2.35. The number of rotatable bonds is 15. The molecule has 200 valence electrons. The topological polar surface area (TPSA) is 129 Å². The molecule has 2 amide bonds. The van der Waals surface area contributed by atoms with E-state index in [4.69, 9.17) is 18.9 Å². The van der Waals surface area contributed by atoms with E-state index in [1.165, 1.54) is 0 Å². The van der Waals surface area contributed by atoms with Crippen LogP contribution < -0.4 is 10.6 Å². The van der Waals surface area contributed by atoms with Crippen LogP contribution in [0.15, 0.2) is 24.3 Å². The second kappa shape index (κ2) is 15.8. The molecule has 0 heterocycles. The van der Waals surface area contributed by atoms with Crippen LogP contribution in [0.5, 0.6) is 0 Å². The second-order valence-corrected chi connectivity index (χ2v) is 9.72. The third kappa shape index (κ3) is 16.3. The van der Waals surface area contributed by atoms with Crippen LogP contribution in [0.4, 0.5) is 9.59 Å². The molecule has 3 unspecified atom stereocenters. The van der Waals surface area contributed by atoms with Crippen molar-refractivity contribution >= 4 is 24.1 Å². The first-order valence-electron chi connectivity index (χ1n) is 11.7. The summed E-state index contributed by atoms with van der Waals surface area (Å²) in [5.74, 6) is -0.901. The summed E-state index contributed by atoms with van der Waals surface area (Å²) in [6, 6.07) is 0. The molecule has 0 aromatic rings. The van der Waals surface area contributed by atoms with Crippen LogP contribution in [-0.2, 0) is 28.5 Å². The third-order valence-electron chi connectivity index (χ3n) is 4.78. The van der Waals surface area contributed by atoms with Crippen LogP contribution in [0.3, 0.4) is 0 Å². The van der Waals surface area contributed by atoms with Gasteiger partial charge in [0.25, 0.3) is 0 Å². The van der Waals surface area contributed by atoms with Gasteiger partial charge >= 0.3 is 24.1 Å². The Kier molecular flexibility index (Phi) is 14.4. The Bertz CT molecular complexity index is 763. The Morgan fingerprint density at radius 1 is 0.800 bits per heavy atom. The molecular formula is C25H42N2O8. The first kappa shape index (κ1) is 32.0. The van der Waals surface area contributed by atoms with Crippen LogP contribution in [0.1, 0.15) is 61.3 Å². The van der Waals surface area contributed by atoms with Crippen molar-refractivity contribution in [3.8, 4) is 0 Å². The molecule has 0 aliphatic carbocycles. The zero-order chi connectivity index (χ0) is 27.2. The molecule has 0 saturated carbocycles. The van der Waals surface area contributed by atoms with Crippen LogP contribution in [-0.4, -0.2) is 62.6 Å². The average Bonchev–Trinajstić information content (AvgIpc) is 2.73. The zero-order valence-corrected chi connectivity index (χ0v) is 22.2. The van der Waals surface area contributed by atoms with Gasteiger partial charge in [-0.25, -0.2) is 19.2 Å². The Morgan fingerprint density at radius 2 is 1.34 bits per heavy atom. The van der Waals surface area contributed by atoms with Crippen molar-refractivity contribution in [1.29, 1.82) is 0 Å². The van der Waals surface area contributed by atoms with E-state index in [2.05, 4.69) is 37.6 Å². The fourth-order valence-electron chi connectivity index (χ4n) is 3.01. The van der Waals surface area contributed by atoms with E-state index in [9.17, 15) is 19.2 Å². The average molecular weight is 499 g/mol. The molecule has 3 atom stereocenters. The smallest absolute Gasteiger partial charge is 0.407 e. The summed E-state index contributed by atoms with van der Waals surface area (Å²) >= 11 is 0. The van der Waals surface area contributed by atoms with Gasteiger partial charge in [-0.15, -0.1) is 0 Å². The predicted molar refractivity (Wildman–Crippen MR) is 132 cm³/mol. The summed E-state index contributed by atoms with van der Waals surface area (Å²) in [5.41, 5.74) is 0.453. The number of amides is 2. The molecule has 0 bridgehead atoms. The minimum atomic E-state index is -0.586. The lowest BCUT2D eigenvalue weighted by atomic mass is 9.80. The first-order valence-corrected chi connectivity index (χ1v) is 11.7. The lowest BCUT2D eigenvalue weighted by Gasteiger charge is -2.28. The molecule has 10 heteroatoms. The third-order valence-corrected chi connectivity index (χ3v) is 4.78. The fourth-order valence-corrected chi connectivity index (χ4v) is 3.01. The summed E-state index contributed by atoms with van der Waals surface area (Å²) in [4.78, 5) is 46.7. The largest absolute Gasteiger partial charge is 0.458 e. The van der Waals surface area contributed by atoms with Crippen LogP contribution in [0.25, 0.3) is 0 Å². The number of nitrogens with one attached hydrogen (secondary N) is 2. The standard InChI is InChI=1S/C25H42N2O8/c1-16(2)21(28)32-14-20(7)35-24(31)27-13-18(5)12-25(8,9)10-11-26-23(30)33-15-19(6)34-22(29)17(3)4/h18-20H,1,3,10-15H2,2,4-9H3,(H,26,30)(H,27,31). The van der Waals surface area contributed by atoms with E-state index >= 15 is 0 Å². The lowest BCUT2D eigenvalue weighted by molar-refractivity contribution is -0.145. The maximum atomic E-state index is 12.0. The van der Waals surface area contributed by atoms with Gasteiger partial charge in [-0.1, -0.05) is 33.9 Å². The number of hydrogen-bond donors (Lipinski definition) is 2. The molecule has 0 aromatic carbocycles. The minimum Gasteiger partial charge on any atom is -0.458 e. The summed E-state index contributed by atoms with van der Waals surface area (Å²) in [6.45, 7) is 20.2. The molecule has 2 N–H and O–H groups in total. The Balaban J connectivity index is 4.16. The fraction of sp³-hybridized carbons (Fsp3) is 0.680. The summed E-state index contributed by atoms with van der Waals surface area (Å²) < 4.78 is 20.3. The maximum Gasteiger partial charge on any atom is 0.407 e. The van der Waals surface area contributed by atoms with Crippen LogP contribution in [0.2, 0.25) is 0 Å². The molecule has 0 fully saturated rings. The van der Waals surface area contributed by atoms with Crippen molar-refractivity contribution in [2.24, 2.45) is 11.3 Å². The number of carbonyl (C=O) groups excluding carboxylic acids is 4. The summed E-state index contributed by atoms with van der Waals surface area (Å²) in [7, 11) is 0. The SMILES string of the molecule is C=C(C)C(=O)OCC(C)OC(=O)NCC(C)CC(C)(C)CCNC(=O)OCC(C)OC(=O)C(=C)C. The normalized spacial score (nSPS) is 13.5. The zero-order valence-electron chi connectivity index (χ0n) is 22.2. The highest BCUT2D eigenvalue weighted by Crippen LogP contribution is 2.28. The number of ether oxygens (including phenoxy) is 4. The maximum absolute atomic E-state index is 12.0. The van der Waals surface area contributed by atoms with E-state index in [-0.39, 0.29) is 35.7 Å². The Labute approximate surface area is 208 Å². The highest BCUT2D eigenvalue weighted by Gasteiger charge is 2.22. The molecular weight excluding hydrogens is 456 g/mol. The van der Waals surface area contributed by atoms with E-state index in [0.29, 0.717) is 19.5 Å². The summed E-state index contributed by atoms with van der Waals surface area (Å²) in [6.07, 6.45) is -0.834. The number of alkyl carbamates (subject to hydrolysis) is 2. The van der Waals surface area contributed by atoms with E-state index in [1.54, 1.807) is 27.7 Å². The van der Waals surface area contributed by atoms with Gasteiger partial charge in [-0.05, 0) is 51.9 Å². The Hall–Kier alpha value is -3.04. The number of hydrogen-bond acceptors (Lipinski definition) is 8. The van der Waals surface area contributed by atoms with Crippen LogP contribution >= 0.6 is 0 Å². The van der Waals surface area contributed by atoms with E-state index < -0.39 is 36.3 Å². The van der Waals surface area contributed by atoms with Gasteiger partial charge in [0.1, 0.15) is 25.4 Å².